The number of rotatable bonds is 5. The van der Waals surface area contributed by atoms with E-state index in [9.17, 15) is 5.11 Å². The lowest BCUT2D eigenvalue weighted by atomic mass is 10.0. The SMILES string of the molecule is CCn1ccc(CN2C[C@@H](Cc3cc(C)no3)[C@H](O)C2)n1. The van der Waals surface area contributed by atoms with Gasteiger partial charge in [0.1, 0.15) is 5.76 Å². The average molecular weight is 290 g/mol. The van der Waals surface area contributed by atoms with Crippen LogP contribution in [0.15, 0.2) is 22.9 Å². The first kappa shape index (κ1) is 14.3. The summed E-state index contributed by atoms with van der Waals surface area (Å²) in [5.41, 5.74) is 1.94. The van der Waals surface area contributed by atoms with E-state index in [-0.39, 0.29) is 12.0 Å². The van der Waals surface area contributed by atoms with Crippen LogP contribution < -0.4 is 0 Å². The van der Waals surface area contributed by atoms with Crippen LogP contribution in [-0.2, 0) is 19.5 Å². The molecule has 0 saturated carbocycles. The van der Waals surface area contributed by atoms with Crippen molar-refractivity contribution in [2.45, 2.75) is 39.5 Å². The molecule has 6 nitrogen and oxygen atoms in total. The Bertz CT molecular complexity index is 592. The van der Waals surface area contributed by atoms with Gasteiger partial charge in [-0.1, -0.05) is 5.16 Å². The van der Waals surface area contributed by atoms with E-state index in [2.05, 4.69) is 22.1 Å². The summed E-state index contributed by atoms with van der Waals surface area (Å²) in [7, 11) is 0. The number of nitrogens with zero attached hydrogens (tertiary/aromatic N) is 4. The minimum absolute atomic E-state index is 0.200. The lowest BCUT2D eigenvalue weighted by Gasteiger charge is -2.13. The van der Waals surface area contributed by atoms with Crippen molar-refractivity contribution in [2.24, 2.45) is 5.92 Å². The quantitative estimate of drug-likeness (QED) is 0.897. The molecule has 0 radical (unpaired) electrons. The Morgan fingerprint density at radius 2 is 2.29 bits per heavy atom. The third-order valence-electron chi connectivity index (χ3n) is 4.03. The Morgan fingerprint density at radius 3 is 2.95 bits per heavy atom. The Kier molecular flexibility index (Phi) is 4.07. The van der Waals surface area contributed by atoms with Crippen LogP contribution in [0.1, 0.15) is 24.1 Å². The number of hydrogen-bond acceptors (Lipinski definition) is 5. The second-order valence-electron chi connectivity index (χ2n) is 5.82. The molecule has 21 heavy (non-hydrogen) atoms. The van der Waals surface area contributed by atoms with Gasteiger partial charge in [0, 0.05) is 50.8 Å². The number of aryl methyl sites for hydroxylation is 2. The fourth-order valence-corrected chi connectivity index (χ4v) is 2.94. The largest absolute Gasteiger partial charge is 0.391 e. The summed E-state index contributed by atoms with van der Waals surface area (Å²) < 4.78 is 7.18. The fourth-order valence-electron chi connectivity index (χ4n) is 2.94. The molecule has 0 bridgehead atoms. The molecule has 0 aliphatic carbocycles. The molecule has 2 aromatic heterocycles. The topological polar surface area (TPSA) is 67.3 Å². The normalized spacial score (nSPS) is 23.0. The maximum absolute atomic E-state index is 10.2. The van der Waals surface area contributed by atoms with Gasteiger partial charge in [-0.25, -0.2) is 0 Å². The van der Waals surface area contributed by atoms with Crippen molar-refractivity contribution in [1.29, 1.82) is 0 Å². The van der Waals surface area contributed by atoms with Crippen LogP contribution >= 0.6 is 0 Å². The van der Waals surface area contributed by atoms with Gasteiger partial charge in [-0.2, -0.15) is 5.10 Å². The lowest BCUT2D eigenvalue weighted by Crippen LogP contribution is -2.21. The molecule has 6 heteroatoms. The number of hydrogen-bond donors (Lipinski definition) is 1. The Hall–Kier alpha value is -1.66. The highest BCUT2D eigenvalue weighted by atomic mass is 16.5. The van der Waals surface area contributed by atoms with E-state index in [0.717, 1.165) is 43.2 Å². The van der Waals surface area contributed by atoms with Gasteiger partial charge >= 0.3 is 0 Å². The van der Waals surface area contributed by atoms with Crippen molar-refractivity contribution in [1.82, 2.24) is 19.8 Å². The first-order valence-electron chi connectivity index (χ1n) is 7.49. The van der Waals surface area contributed by atoms with Gasteiger partial charge in [0.15, 0.2) is 0 Å². The highest BCUT2D eigenvalue weighted by Crippen LogP contribution is 2.23. The summed E-state index contributed by atoms with van der Waals surface area (Å²) >= 11 is 0. The summed E-state index contributed by atoms with van der Waals surface area (Å²) in [6, 6.07) is 3.99. The number of aromatic nitrogens is 3. The van der Waals surface area contributed by atoms with Gasteiger partial charge in [0.25, 0.3) is 0 Å². The molecule has 2 atom stereocenters. The summed E-state index contributed by atoms with van der Waals surface area (Å²) in [6.45, 7) is 7.21. The summed E-state index contributed by atoms with van der Waals surface area (Å²) in [6.07, 6.45) is 2.42. The first-order chi connectivity index (χ1) is 10.1. The summed E-state index contributed by atoms with van der Waals surface area (Å²) in [4.78, 5) is 2.25. The number of β-amino-alcohol motifs (C(OH)–C–C–N with tert-alkyl or cyclic N) is 1. The monoisotopic (exact) mass is 290 g/mol. The molecule has 3 heterocycles. The van der Waals surface area contributed by atoms with E-state index in [0.29, 0.717) is 6.54 Å². The van der Waals surface area contributed by atoms with Crippen LogP contribution in [0.2, 0.25) is 0 Å². The van der Waals surface area contributed by atoms with Crippen LogP contribution in [0.4, 0.5) is 0 Å². The van der Waals surface area contributed by atoms with Crippen molar-refractivity contribution in [3.8, 4) is 0 Å². The molecule has 0 spiro atoms. The molecular formula is C15H22N4O2. The molecule has 0 amide bonds. The molecule has 1 fully saturated rings. The highest BCUT2D eigenvalue weighted by molar-refractivity contribution is 5.06. The van der Waals surface area contributed by atoms with Gasteiger partial charge in [-0.05, 0) is 19.9 Å². The fraction of sp³-hybridized carbons (Fsp3) is 0.600. The summed E-state index contributed by atoms with van der Waals surface area (Å²) in [5, 5.41) is 18.6. The standard InChI is InChI=1S/C15H22N4O2/c1-3-19-5-4-13(16-19)9-18-8-12(15(20)10-18)7-14-6-11(2)17-21-14/h4-6,12,15,20H,3,7-10H2,1-2H3/t12-,15-/m1/s1. The van der Waals surface area contributed by atoms with Crippen LogP contribution in [0, 0.1) is 12.8 Å². The van der Waals surface area contributed by atoms with Crippen LogP contribution in [-0.4, -0.2) is 44.1 Å². The van der Waals surface area contributed by atoms with Crippen molar-refractivity contribution >= 4 is 0 Å². The van der Waals surface area contributed by atoms with Gasteiger partial charge in [-0.15, -0.1) is 0 Å². The minimum Gasteiger partial charge on any atom is -0.391 e. The zero-order valence-electron chi connectivity index (χ0n) is 12.6. The lowest BCUT2D eigenvalue weighted by molar-refractivity contribution is 0.137. The van der Waals surface area contributed by atoms with E-state index >= 15 is 0 Å². The zero-order chi connectivity index (χ0) is 14.8. The van der Waals surface area contributed by atoms with E-state index < -0.39 is 0 Å². The van der Waals surface area contributed by atoms with Crippen LogP contribution in [0.3, 0.4) is 0 Å². The van der Waals surface area contributed by atoms with E-state index in [1.165, 1.54) is 0 Å². The predicted octanol–water partition coefficient (Wildman–Crippen LogP) is 1.23. The molecule has 0 aromatic carbocycles. The van der Waals surface area contributed by atoms with E-state index in [1.54, 1.807) is 0 Å². The number of aliphatic hydroxyl groups excluding tert-OH is 1. The van der Waals surface area contributed by atoms with Crippen molar-refractivity contribution in [2.75, 3.05) is 13.1 Å². The highest BCUT2D eigenvalue weighted by Gasteiger charge is 2.32. The van der Waals surface area contributed by atoms with Crippen molar-refractivity contribution < 1.29 is 9.63 Å². The Morgan fingerprint density at radius 1 is 1.43 bits per heavy atom. The number of aliphatic hydroxyl groups is 1. The maximum Gasteiger partial charge on any atom is 0.137 e. The molecular weight excluding hydrogens is 268 g/mol. The molecule has 1 saturated heterocycles. The molecule has 1 aliphatic rings. The third kappa shape index (κ3) is 3.33. The smallest absolute Gasteiger partial charge is 0.137 e. The third-order valence-corrected chi connectivity index (χ3v) is 4.03. The maximum atomic E-state index is 10.2. The van der Waals surface area contributed by atoms with Gasteiger partial charge in [0.2, 0.25) is 0 Å². The van der Waals surface area contributed by atoms with Crippen LogP contribution in [0.5, 0.6) is 0 Å². The van der Waals surface area contributed by atoms with E-state index in [1.807, 2.05) is 29.9 Å². The molecule has 0 unspecified atom stereocenters. The van der Waals surface area contributed by atoms with Crippen LogP contribution in [0.25, 0.3) is 0 Å². The average Bonchev–Trinajstić information content (AvgIpc) is 3.14. The second-order valence-corrected chi connectivity index (χ2v) is 5.82. The molecule has 114 valence electrons. The Balaban J connectivity index is 1.57. The zero-order valence-corrected chi connectivity index (χ0v) is 12.6. The van der Waals surface area contributed by atoms with E-state index in [4.69, 9.17) is 4.52 Å². The molecule has 3 rings (SSSR count). The second kappa shape index (κ2) is 5.99. The molecule has 1 aliphatic heterocycles. The minimum atomic E-state index is -0.316. The number of likely N-dealkylation sites (tertiary alicyclic amines) is 1. The first-order valence-corrected chi connectivity index (χ1v) is 7.49. The predicted molar refractivity (Wildman–Crippen MR) is 77.6 cm³/mol. The van der Waals surface area contributed by atoms with Crippen molar-refractivity contribution in [3.63, 3.8) is 0 Å². The molecule has 2 aromatic rings. The Labute approximate surface area is 124 Å². The summed E-state index contributed by atoms with van der Waals surface area (Å²) in [5.74, 6) is 1.05. The molecule has 1 N–H and O–H groups in total. The van der Waals surface area contributed by atoms with Crippen molar-refractivity contribution in [3.05, 3.63) is 35.5 Å². The van der Waals surface area contributed by atoms with Gasteiger partial charge in [0.05, 0.1) is 17.5 Å². The van der Waals surface area contributed by atoms with Gasteiger partial charge in [-0.3, -0.25) is 9.58 Å². The van der Waals surface area contributed by atoms with Gasteiger partial charge < -0.3 is 9.63 Å².